The fraction of sp³-hybridized carbons (Fsp3) is 0.571. The molecule has 1 N–H and O–H groups in total. The molecule has 1 aliphatic heterocycles. The maximum Gasteiger partial charge on any atom is 0.212 e. The Morgan fingerprint density at radius 3 is 2.45 bits per heavy atom. The topological polar surface area (TPSA) is 57.3 Å². The van der Waals surface area contributed by atoms with E-state index in [9.17, 15) is 0 Å². The number of allylic oxidation sites excluding steroid dienone is 1. The van der Waals surface area contributed by atoms with Crippen molar-refractivity contribution in [1.29, 1.82) is 0 Å². The third kappa shape index (κ3) is 5.00. The summed E-state index contributed by atoms with van der Waals surface area (Å²) in [5.74, 6) is 0.876. The van der Waals surface area contributed by atoms with E-state index in [-0.39, 0.29) is 17.0 Å². The zero-order valence-electron chi connectivity index (χ0n) is 17.7. The largest absolute Gasteiger partial charge is 0.370 e. The minimum Gasteiger partial charge on any atom is -0.370 e. The Balaban J connectivity index is 1.97. The van der Waals surface area contributed by atoms with Gasteiger partial charge in [0.2, 0.25) is 5.82 Å². The van der Waals surface area contributed by atoms with Gasteiger partial charge >= 0.3 is 0 Å². The van der Waals surface area contributed by atoms with Gasteiger partial charge in [0.05, 0.1) is 19.3 Å². The average Bonchev–Trinajstić information content (AvgIpc) is 3.13. The molecule has 1 aliphatic rings. The molecule has 1 aromatic carbocycles. The normalized spacial score (nSPS) is 17.8. The molecule has 0 unspecified atom stereocenters. The molecule has 0 amide bonds. The van der Waals surface area contributed by atoms with Gasteiger partial charge in [-0.1, -0.05) is 62.2 Å². The van der Waals surface area contributed by atoms with E-state index < -0.39 is 0 Å². The molecule has 1 saturated heterocycles. The summed E-state index contributed by atoms with van der Waals surface area (Å²) < 4.78 is 7.50. The average molecular weight is 439 g/mol. The maximum absolute atomic E-state index is 6.36. The predicted molar refractivity (Wildman–Crippen MR) is 116 cm³/mol. The van der Waals surface area contributed by atoms with Crippen molar-refractivity contribution in [3.63, 3.8) is 0 Å². The number of ether oxygens (including phenoxy) is 1. The molecular formula is C21H30Cl2N5O+. The van der Waals surface area contributed by atoms with Gasteiger partial charge in [0.1, 0.15) is 13.1 Å². The van der Waals surface area contributed by atoms with E-state index in [4.69, 9.17) is 27.9 Å². The second kappa shape index (κ2) is 8.72. The maximum atomic E-state index is 6.36. The Kier molecular flexibility index (Phi) is 6.68. The fourth-order valence-corrected chi connectivity index (χ4v) is 4.23. The van der Waals surface area contributed by atoms with Gasteiger partial charge in [-0.15, -0.1) is 5.10 Å². The highest BCUT2D eigenvalue weighted by Crippen LogP contribution is 2.34. The zero-order valence-corrected chi connectivity index (χ0v) is 19.3. The Morgan fingerprint density at radius 2 is 1.83 bits per heavy atom. The van der Waals surface area contributed by atoms with Gasteiger partial charge < -0.3 is 9.64 Å². The first-order valence-corrected chi connectivity index (χ1v) is 10.7. The van der Waals surface area contributed by atoms with E-state index in [0.29, 0.717) is 10.0 Å². The molecule has 6 nitrogen and oxygen atoms in total. The Labute approximate surface area is 182 Å². The molecule has 1 atom stereocenters. The summed E-state index contributed by atoms with van der Waals surface area (Å²) >= 11 is 12.4. The van der Waals surface area contributed by atoms with Crippen LogP contribution in [0.25, 0.3) is 6.08 Å². The summed E-state index contributed by atoms with van der Waals surface area (Å²) in [5.41, 5.74) is 0.580. The van der Waals surface area contributed by atoms with E-state index in [1.54, 1.807) is 6.07 Å². The van der Waals surface area contributed by atoms with Crippen LogP contribution in [0, 0.1) is 5.41 Å². The molecule has 8 heteroatoms. The number of hydrogen-bond acceptors (Lipinski definition) is 4. The molecular weight excluding hydrogens is 409 g/mol. The van der Waals surface area contributed by atoms with Crippen LogP contribution in [-0.2, 0) is 10.3 Å². The van der Waals surface area contributed by atoms with Crippen molar-refractivity contribution >= 4 is 29.3 Å². The van der Waals surface area contributed by atoms with Crippen LogP contribution in [0.15, 0.2) is 24.3 Å². The van der Waals surface area contributed by atoms with Crippen LogP contribution < -0.4 is 4.90 Å². The van der Waals surface area contributed by atoms with Gasteiger partial charge in [-0.05, 0) is 47.4 Å². The van der Waals surface area contributed by atoms with Crippen molar-refractivity contribution in [2.45, 2.75) is 46.2 Å². The van der Waals surface area contributed by atoms with Gasteiger partial charge in [-0.2, -0.15) is 0 Å². The molecule has 3 rings (SSSR count). The van der Waals surface area contributed by atoms with E-state index in [1.807, 2.05) is 22.9 Å². The number of hydrogen-bond donors (Lipinski definition) is 1. The van der Waals surface area contributed by atoms with Gasteiger partial charge in [-0.25, -0.2) is 4.68 Å². The lowest BCUT2D eigenvalue weighted by Gasteiger charge is -2.38. The Bertz CT molecular complexity index is 866. The van der Waals surface area contributed by atoms with Crippen molar-refractivity contribution in [2.75, 3.05) is 26.3 Å². The van der Waals surface area contributed by atoms with E-state index in [2.05, 4.69) is 56.2 Å². The summed E-state index contributed by atoms with van der Waals surface area (Å²) in [4.78, 5) is 1.43. The van der Waals surface area contributed by atoms with Crippen LogP contribution in [0.1, 0.15) is 52.0 Å². The smallest absolute Gasteiger partial charge is 0.212 e. The summed E-state index contributed by atoms with van der Waals surface area (Å²) in [6.45, 7) is 14.4. The Morgan fingerprint density at radius 1 is 1.14 bits per heavy atom. The number of nitrogens with zero attached hydrogens (tertiary/aromatic N) is 4. The van der Waals surface area contributed by atoms with Crippen LogP contribution in [0.3, 0.4) is 0 Å². The monoisotopic (exact) mass is 438 g/mol. The molecule has 1 fully saturated rings. The molecule has 2 aromatic rings. The van der Waals surface area contributed by atoms with Crippen LogP contribution in [-0.4, -0.2) is 46.5 Å². The fourth-order valence-electron chi connectivity index (χ4n) is 3.76. The van der Waals surface area contributed by atoms with Crippen molar-refractivity contribution in [3.05, 3.63) is 45.7 Å². The molecule has 0 aliphatic carbocycles. The Hall–Kier alpha value is -1.47. The lowest BCUT2D eigenvalue weighted by Crippen LogP contribution is -3.19. The summed E-state index contributed by atoms with van der Waals surface area (Å²) in [7, 11) is 0. The number of morpholine rings is 1. The predicted octanol–water partition coefficient (Wildman–Crippen LogP) is 3.43. The third-order valence-corrected chi connectivity index (χ3v) is 6.17. The standard InChI is InChI=1S/C21H29Cl2N5O/c1-20(2,3)18(9-7-15-6-8-16(22)14-17(15)23)28-19(24-25-26-28)21(4,5)27-10-12-29-13-11-27/h6-9,14,18H,10-13H2,1-5H3/p+1/b9-7+/t18-/m0/s1. The van der Waals surface area contributed by atoms with Gasteiger partial charge in [0.25, 0.3) is 0 Å². The number of halogens is 2. The van der Waals surface area contributed by atoms with E-state index >= 15 is 0 Å². The number of benzene rings is 1. The summed E-state index contributed by atoms with van der Waals surface area (Å²) in [6.07, 6.45) is 4.15. The van der Waals surface area contributed by atoms with Gasteiger partial charge in [-0.3, -0.25) is 0 Å². The van der Waals surface area contributed by atoms with Crippen molar-refractivity contribution in [1.82, 2.24) is 20.2 Å². The third-order valence-electron chi connectivity index (χ3n) is 5.60. The molecule has 29 heavy (non-hydrogen) atoms. The number of aromatic nitrogens is 4. The number of rotatable bonds is 5. The summed E-state index contributed by atoms with van der Waals surface area (Å²) in [5, 5.41) is 14.1. The number of tetrazole rings is 1. The first-order valence-electron chi connectivity index (χ1n) is 9.95. The zero-order chi connectivity index (χ0) is 21.2. The number of quaternary nitrogens is 1. The highest BCUT2D eigenvalue weighted by molar-refractivity contribution is 6.35. The molecule has 0 radical (unpaired) electrons. The second-order valence-electron chi connectivity index (χ2n) is 9.12. The van der Waals surface area contributed by atoms with Gasteiger partial charge in [0, 0.05) is 10.0 Å². The lowest BCUT2D eigenvalue weighted by atomic mass is 9.85. The van der Waals surface area contributed by atoms with Crippen molar-refractivity contribution in [3.8, 4) is 0 Å². The first kappa shape index (κ1) is 22.2. The van der Waals surface area contributed by atoms with Crippen LogP contribution in [0.4, 0.5) is 0 Å². The highest BCUT2D eigenvalue weighted by Gasteiger charge is 2.41. The lowest BCUT2D eigenvalue weighted by molar-refractivity contribution is -0.964. The molecule has 0 saturated carbocycles. The molecule has 0 spiro atoms. The minimum atomic E-state index is -0.234. The quantitative estimate of drug-likeness (QED) is 0.776. The summed E-state index contributed by atoms with van der Waals surface area (Å²) in [6, 6.07) is 5.47. The first-order chi connectivity index (χ1) is 13.6. The molecule has 0 bridgehead atoms. The molecule has 2 heterocycles. The highest BCUT2D eigenvalue weighted by atomic mass is 35.5. The second-order valence-corrected chi connectivity index (χ2v) is 9.97. The van der Waals surface area contributed by atoms with Crippen molar-refractivity contribution < 1.29 is 9.64 Å². The molecule has 1 aromatic heterocycles. The molecule has 158 valence electrons. The SMILES string of the molecule is CC(C)(C)[C@H](/C=C/c1ccc(Cl)cc1Cl)n1nnnc1C(C)(C)[NH+]1CCOCC1. The van der Waals surface area contributed by atoms with Gasteiger partial charge in [0.15, 0.2) is 5.54 Å². The van der Waals surface area contributed by atoms with Crippen LogP contribution in [0.5, 0.6) is 0 Å². The van der Waals surface area contributed by atoms with Crippen LogP contribution >= 0.6 is 23.2 Å². The van der Waals surface area contributed by atoms with E-state index in [1.165, 1.54) is 4.90 Å². The van der Waals surface area contributed by atoms with Crippen molar-refractivity contribution in [2.24, 2.45) is 5.41 Å². The van der Waals surface area contributed by atoms with Crippen LogP contribution in [0.2, 0.25) is 10.0 Å². The minimum absolute atomic E-state index is 0.0426. The number of nitrogens with one attached hydrogen (secondary N) is 1. The van der Waals surface area contributed by atoms with E-state index in [0.717, 1.165) is 37.7 Å².